The molecule has 0 unspecified atom stereocenters. The summed E-state index contributed by atoms with van der Waals surface area (Å²) in [5.74, 6) is 1.84. The van der Waals surface area contributed by atoms with Gasteiger partial charge in [0.05, 0.1) is 0 Å². The fourth-order valence-electron chi connectivity index (χ4n) is 1.25. The van der Waals surface area contributed by atoms with Crippen LogP contribution >= 0.6 is 12.4 Å². The monoisotopic (exact) mass is 259 g/mol. The molecular weight excluding hydrogens is 250 g/mol. The predicted molar refractivity (Wildman–Crippen MR) is 60.3 cm³/mol. The molecule has 0 aromatic carbocycles. The molecule has 0 fully saturated rings. The van der Waals surface area contributed by atoms with Crippen LogP contribution in [0.2, 0.25) is 0 Å². The van der Waals surface area contributed by atoms with Crippen molar-refractivity contribution in [1.29, 1.82) is 0 Å². The average Bonchev–Trinajstić information content (AvgIpc) is 3.02. The van der Waals surface area contributed by atoms with Crippen molar-refractivity contribution in [1.82, 2.24) is 25.6 Å². The smallest absolute Gasteiger partial charge is 0.215 e. The van der Waals surface area contributed by atoms with Gasteiger partial charge in [-0.2, -0.15) is 0 Å². The van der Waals surface area contributed by atoms with Gasteiger partial charge in [-0.15, -0.1) is 12.4 Å². The summed E-state index contributed by atoms with van der Waals surface area (Å²) >= 11 is 0. The normalized spacial score (nSPS) is 12.8. The Morgan fingerprint density at radius 1 is 1.18 bits per heavy atom. The first-order chi connectivity index (χ1) is 7.43. The molecular formula is C8H10ClN5O3. The van der Waals surface area contributed by atoms with Crippen LogP contribution in [-0.2, 0) is 9.68 Å². The number of rotatable bonds is 2. The number of aromatic nitrogens is 4. The standard InChI is InChI=1S/C8H7N5O2.ClH.H2O/c1-2-10-7(9-1)8-11-3-5(12-8)6-4-14-13-15-6;;/h1-4,13H,(H,9,10)(H,11,12);1H;1H2. The Labute approximate surface area is 102 Å². The number of H-pyrrole nitrogens is 2. The van der Waals surface area contributed by atoms with Crippen LogP contribution in [0.4, 0.5) is 0 Å². The minimum Gasteiger partial charge on any atom is -0.412 e. The molecule has 1 aliphatic rings. The van der Waals surface area contributed by atoms with Crippen LogP contribution in [0, 0.1) is 0 Å². The van der Waals surface area contributed by atoms with Crippen LogP contribution in [0.25, 0.3) is 17.4 Å². The molecule has 0 bridgehead atoms. The lowest BCUT2D eigenvalue weighted by molar-refractivity contribution is -0.0411. The second-order valence-corrected chi connectivity index (χ2v) is 2.86. The van der Waals surface area contributed by atoms with Crippen molar-refractivity contribution in [3.05, 3.63) is 30.5 Å². The van der Waals surface area contributed by atoms with E-state index in [0.717, 1.165) is 0 Å². The van der Waals surface area contributed by atoms with Crippen LogP contribution in [-0.4, -0.2) is 25.4 Å². The molecule has 0 atom stereocenters. The maximum absolute atomic E-state index is 4.95. The lowest BCUT2D eigenvalue weighted by Crippen LogP contribution is -2.02. The number of aromatic amines is 2. The highest BCUT2D eigenvalue weighted by Gasteiger charge is 2.14. The summed E-state index contributed by atoms with van der Waals surface area (Å²) in [5.41, 5.74) is 2.89. The van der Waals surface area contributed by atoms with Crippen molar-refractivity contribution in [3.63, 3.8) is 0 Å². The maximum atomic E-state index is 4.95. The van der Waals surface area contributed by atoms with Crippen LogP contribution in [0.15, 0.2) is 24.9 Å². The lowest BCUT2D eigenvalue weighted by Gasteiger charge is -1.93. The molecule has 3 heterocycles. The van der Waals surface area contributed by atoms with Gasteiger partial charge in [-0.1, -0.05) is 0 Å². The third-order valence-corrected chi connectivity index (χ3v) is 1.92. The number of hydrogen-bond acceptors (Lipinski definition) is 5. The highest BCUT2D eigenvalue weighted by molar-refractivity contribution is 5.85. The van der Waals surface area contributed by atoms with Crippen LogP contribution < -0.4 is 5.64 Å². The molecule has 0 saturated heterocycles. The van der Waals surface area contributed by atoms with E-state index in [4.69, 9.17) is 9.68 Å². The molecule has 1 aliphatic heterocycles. The van der Waals surface area contributed by atoms with Crippen molar-refractivity contribution in [2.24, 2.45) is 0 Å². The summed E-state index contributed by atoms with van der Waals surface area (Å²) in [6.45, 7) is 0. The lowest BCUT2D eigenvalue weighted by atomic mass is 10.4. The summed E-state index contributed by atoms with van der Waals surface area (Å²) in [7, 11) is 0. The van der Waals surface area contributed by atoms with E-state index in [1.807, 2.05) is 0 Å². The summed E-state index contributed by atoms with van der Waals surface area (Å²) in [4.78, 5) is 23.9. The third kappa shape index (κ3) is 2.38. The number of nitrogens with zero attached hydrogens (tertiary/aromatic N) is 2. The van der Waals surface area contributed by atoms with E-state index in [9.17, 15) is 0 Å². The first kappa shape index (κ1) is 13.0. The number of halogens is 1. The van der Waals surface area contributed by atoms with E-state index < -0.39 is 0 Å². The van der Waals surface area contributed by atoms with Gasteiger partial charge in [0.2, 0.25) is 5.76 Å². The topological polar surface area (TPSA) is 119 Å². The molecule has 0 saturated carbocycles. The van der Waals surface area contributed by atoms with Crippen LogP contribution in [0.1, 0.15) is 5.69 Å². The molecule has 17 heavy (non-hydrogen) atoms. The van der Waals surface area contributed by atoms with Crippen molar-refractivity contribution < 1.29 is 15.2 Å². The third-order valence-electron chi connectivity index (χ3n) is 1.92. The van der Waals surface area contributed by atoms with Crippen molar-refractivity contribution in [3.8, 4) is 11.6 Å². The molecule has 0 spiro atoms. The zero-order valence-electron chi connectivity index (χ0n) is 8.43. The zero-order valence-corrected chi connectivity index (χ0v) is 9.25. The van der Waals surface area contributed by atoms with E-state index in [1.54, 1.807) is 18.6 Å². The van der Waals surface area contributed by atoms with Gasteiger partial charge < -0.3 is 25.1 Å². The molecule has 0 radical (unpaired) electrons. The van der Waals surface area contributed by atoms with E-state index >= 15 is 0 Å². The van der Waals surface area contributed by atoms with Crippen LogP contribution in [0.3, 0.4) is 0 Å². The molecule has 5 N–H and O–H groups in total. The van der Waals surface area contributed by atoms with Gasteiger partial charge in [0.1, 0.15) is 5.69 Å². The molecule has 8 nitrogen and oxygen atoms in total. The Kier molecular flexibility index (Phi) is 4.10. The summed E-state index contributed by atoms with van der Waals surface area (Å²) in [6.07, 6.45) is 6.53. The summed E-state index contributed by atoms with van der Waals surface area (Å²) in [6, 6.07) is 0. The molecule has 0 aliphatic carbocycles. The maximum Gasteiger partial charge on any atom is 0.215 e. The van der Waals surface area contributed by atoms with Crippen molar-refractivity contribution >= 4 is 18.2 Å². The highest BCUT2D eigenvalue weighted by Crippen LogP contribution is 2.18. The number of nitrogens with one attached hydrogen (secondary N) is 3. The Morgan fingerprint density at radius 3 is 2.71 bits per heavy atom. The average molecular weight is 260 g/mol. The van der Waals surface area contributed by atoms with E-state index in [1.165, 1.54) is 6.26 Å². The van der Waals surface area contributed by atoms with Gasteiger partial charge in [-0.25, -0.2) is 9.97 Å². The van der Waals surface area contributed by atoms with Gasteiger partial charge in [0.15, 0.2) is 17.9 Å². The first-order valence-electron chi connectivity index (χ1n) is 4.27. The molecule has 2 aromatic rings. The fraction of sp³-hybridized carbons (Fsp3) is 0. The number of hydrogen-bond donors (Lipinski definition) is 3. The Morgan fingerprint density at radius 2 is 2.06 bits per heavy atom. The Bertz CT molecular complexity index is 495. The molecule has 0 amide bonds. The Balaban J connectivity index is 0.000000722. The highest BCUT2D eigenvalue weighted by atomic mass is 35.5. The number of imidazole rings is 2. The minimum atomic E-state index is 0. The van der Waals surface area contributed by atoms with E-state index in [0.29, 0.717) is 23.1 Å². The largest absolute Gasteiger partial charge is 0.412 e. The van der Waals surface area contributed by atoms with Gasteiger partial charge in [0.25, 0.3) is 0 Å². The predicted octanol–water partition coefficient (Wildman–Crippen LogP) is 0.162. The Hall–Kier alpha value is -2.03. The molecule has 92 valence electrons. The van der Waals surface area contributed by atoms with Gasteiger partial charge >= 0.3 is 0 Å². The van der Waals surface area contributed by atoms with Gasteiger partial charge in [0, 0.05) is 24.2 Å². The van der Waals surface area contributed by atoms with Gasteiger partial charge in [-0.3, -0.25) is 0 Å². The molecule has 3 rings (SSSR count). The van der Waals surface area contributed by atoms with Gasteiger partial charge in [-0.05, 0) is 0 Å². The summed E-state index contributed by atoms with van der Waals surface area (Å²) < 4.78 is 0. The fourth-order valence-corrected chi connectivity index (χ4v) is 1.25. The quantitative estimate of drug-likeness (QED) is 0.710. The van der Waals surface area contributed by atoms with Crippen molar-refractivity contribution in [2.75, 3.05) is 0 Å². The SMILES string of the molecule is C1=C(c2c[nH]c(-c3ncc[nH]3)n2)ONO1.Cl.O. The van der Waals surface area contributed by atoms with E-state index in [-0.39, 0.29) is 17.9 Å². The first-order valence-corrected chi connectivity index (χ1v) is 4.27. The second-order valence-electron chi connectivity index (χ2n) is 2.86. The second kappa shape index (κ2) is 5.34. The van der Waals surface area contributed by atoms with Crippen LogP contribution in [0.5, 0.6) is 0 Å². The molecule has 9 heteroatoms. The minimum absolute atomic E-state index is 0. The van der Waals surface area contributed by atoms with Crippen molar-refractivity contribution in [2.45, 2.75) is 0 Å². The zero-order chi connectivity index (χ0) is 10.1. The summed E-state index contributed by atoms with van der Waals surface area (Å²) in [5, 5.41) is 0. The molecule has 2 aromatic heterocycles. The van der Waals surface area contributed by atoms with E-state index in [2.05, 4.69) is 25.6 Å².